The molecule has 1 heterocycles. The highest BCUT2D eigenvalue weighted by molar-refractivity contribution is 5.83. The topological polar surface area (TPSA) is 59.6 Å². The second-order valence-corrected chi connectivity index (χ2v) is 6.70. The van der Waals surface area contributed by atoms with E-state index < -0.39 is 5.41 Å². The molecule has 2 aromatic rings. The van der Waals surface area contributed by atoms with Gasteiger partial charge in [0.05, 0.1) is 12.0 Å². The zero-order valence-corrected chi connectivity index (χ0v) is 15.2. The van der Waals surface area contributed by atoms with Gasteiger partial charge in [-0.15, -0.1) is 0 Å². The molecular formula is C21H26N2O3. The molecule has 5 heteroatoms. The SMILES string of the molecule is COCC1(C(=O)NCc2ccccc2OCc2ccccc2)CCNC1. The smallest absolute Gasteiger partial charge is 0.230 e. The van der Waals surface area contributed by atoms with Gasteiger partial charge in [0.25, 0.3) is 0 Å². The summed E-state index contributed by atoms with van der Waals surface area (Å²) in [6, 6.07) is 17.9. The molecule has 1 amide bonds. The van der Waals surface area contributed by atoms with Crippen LogP contribution < -0.4 is 15.4 Å². The standard InChI is InChI=1S/C21H26N2O3/c1-25-16-21(11-12-22-15-21)20(24)23-13-18-9-5-6-10-19(18)26-14-17-7-3-2-4-8-17/h2-10,22H,11-16H2,1H3,(H,23,24). The Labute approximate surface area is 154 Å². The number of benzene rings is 2. The predicted molar refractivity (Wildman–Crippen MR) is 101 cm³/mol. The Morgan fingerprint density at radius 1 is 1.15 bits per heavy atom. The number of hydrogen-bond acceptors (Lipinski definition) is 4. The number of methoxy groups -OCH3 is 1. The van der Waals surface area contributed by atoms with Crippen molar-refractivity contribution in [2.45, 2.75) is 19.6 Å². The van der Waals surface area contributed by atoms with Crippen LogP contribution in [0.3, 0.4) is 0 Å². The molecule has 26 heavy (non-hydrogen) atoms. The number of ether oxygens (including phenoxy) is 2. The first kappa shape index (κ1) is 18.4. The highest BCUT2D eigenvalue weighted by Crippen LogP contribution is 2.27. The van der Waals surface area contributed by atoms with Gasteiger partial charge in [0.2, 0.25) is 5.91 Å². The number of hydrogen-bond donors (Lipinski definition) is 2. The first-order valence-corrected chi connectivity index (χ1v) is 8.96. The van der Waals surface area contributed by atoms with Gasteiger partial charge in [-0.05, 0) is 24.6 Å². The van der Waals surface area contributed by atoms with E-state index in [2.05, 4.69) is 10.6 Å². The van der Waals surface area contributed by atoms with Gasteiger partial charge in [-0.3, -0.25) is 4.79 Å². The molecule has 1 fully saturated rings. The van der Waals surface area contributed by atoms with E-state index in [1.807, 2.05) is 54.6 Å². The van der Waals surface area contributed by atoms with Gasteiger partial charge in [-0.25, -0.2) is 0 Å². The molecule has 0 radical (unpaired) electrons. The lowest BCUT2D eigenvalue weighted by molar-refractivity contribution is -0.133. The Kier molecular flexibility index (Phi) is 6.26. The molecule has 2 N–H and O–H groups in total. The Balaban J connectivity index is 1.62. The molecule has 0 aliphatic carbocycles. The first-order valence-electron chi connectivity index (χ1n) is 8.96. The zero-order chi connectivity index (χ0) is 18.2. The summed E-state index contributed by atoms with van der Waals surface area (Å²) in [4.78, 5) is 12.7. The van der Waals surface area contributed by atoms with Crippen molar-refractivity contribution in [3.05, 3.63) is 65.7 Å². The summed E-state index contributed by atoms with van der Waals surface area (Å²) in [5.74, 6) is 0.823. The van der Waals surface area contributed by atoms with Crippen molar-refractivity contribution in [2.75, 3.05) is 26.8 Å². The predicted octanol–water partition coefficient (Wildman–Crippen LogP) is 2.51. The fourth-order valence-electron chi connectivity index (χ4n) is 3.29. The summed E-state index contributed by atoms with van der Waals surface area (Å²) in [5.41, 5.74) is 1.60. The third-order valence-electron chi connectivity index (χ3n) is 4.80. The molecule has 1 aliphatic heterocycles. The number of carbonyl (C=O) groups excluding carboxylic acids is 1. The lowest BCUT2D eigenvalue weighted by Crippen LogP contribution is -2.45. The van der Waals surface area contributed by atoms with Crippen molar-refractivity contribution in [1.29, 1.82) is 0 Å². The van der Waals surface area contributed by atoms with Crippen LogP contribution in [0.5, 0.6) is 5.75 Å². The van der Waals surface area contributed by atoms with Gasteiger partial charge in [0.1, 0.15) is 12.4 Å². The highest BCUT2D eigenvalue weighted by atomic mass is 16.5. The van der Waals surface area contributed by atoms with Crippen LogP contribution in [0.1, 0.15) is 17.5 Å². The fraction of sp³-hybridized carbons (Fsp3) is 0.381. The minimum atomic E-state index is -0.478. The van der Waals surface area contributed by atoms with Crippen LogP contribution in [0, 0.1) is 5.41 Å². The molecule has 138 valence electrons. The largest absolute Gasteiger partial charge is 0.489 e. The van der Waals surface area contributed by atoms with Crippen LogP contribution in [-0.4, -0.2) is 32.7 Å². The molecule has 2 aromatic carbocycles. The quantitative estimate of drug-likeness (QED) is 0.765. The van der Waals surface area contributed by atoms with Crippen molar-refractivity contribution < 1.29 is 14.3 Å². The third-order valence-corrected chi connectivity index (χ3v) is 4.80. The lowest BCUT2D eigenvalue weighted by atomic mass is 9.87. The summed E-state index contributed by atoms with van der Waals surface area (Å²) < 4.78 is 11.3. The monoisotopic (exact) mass is 354 g/mol. The van der Waals surface area contributed by atoms with Gasteiger partial charge in [0, 0.05) is 25.8 Å². The Morgan fingerprint density at radius 2 is 1.92 bits per heavy atom. The Bertz CT molecular complexity index is 712. The van der Waals surface area contributed by atoms with Crippen molar-refractivity contribution in [3.63, 3.8) is 0 Å². The van der Waals surface area contributed by atoms with Crippen molar-refractivity contribution in [1.82, 2.24) is 10.6 Å². The van der Waals surface area contributed by atoms with Crippen molar-refractivity contribution in [2.24, 2.45) is 5.41 Å². The van der Waals surface area contributed by atoms with Crippen LogP contribution in [0.25, 0.3) is 0 Å². The Morgan fingerprint density at radius 3 is 2.65 bits per heavy atom. The van der Waals surface area contributed by atoms with E-state index in [1.54, 1.807) is 7.11 Å². The third kappa shape index (κ3) is 4.42. The lowest BCUT2D eigenvalue weighted by Gasteiger charge is -2.26. The van der Waals surface area contributed by atoms with Crippen LogP contribution >= 0.6 is 0 Å². The maximum Gasteiger partial charge on any atom is 0.230 e. The number of rotatable bonds is 8. The van der Waals surface area contributed by atoms with E-state index in [0.29, 0.717) is 26.3 Å². The first-order chi connectivity index (χ1) is 12.7. The van der Waals surface area contributed by atoms with Crippen molar-refractivity contribution in [3.8, 4) is 5.75 Å². The highest BCUT2D eigenvalue weighted by Gasteiger charge is 2.41. The summed E-state index contributed by atoms with van der Waals surface area (Å²) in [6.07, 6.45) is 0.791. The normalized spacial score (nSPS) is 19.3. The summed E-state index contributed by atoms with van der Waals surface area (Å²) >= 11 is 0. The van der Waals surface area contributed by atoms with Crippen LogP contribution in [0.15, 0.2) is 54.6 Å². The number of nitrogens with one attached hydrogen (secondary N) is 2. The van der Waals surface area contributed by atoms with Crippen LogP contribution in [0.4, 0.5) is 0 Å². The maximum absolute atomic E-state index is 12.7. The number of para-hydroxylation sites is 1. The molecule has 3 rings (SSSR count). The average molecular weight is 354 g/mol. The van der Waals surface area contributed by atoms with E-state index >= 15 is 0 Å². The summed E-state index contributed by atoms with van der Waals surface area (Å²) in [5, 5.41) is 6.33. The summed E-state index contributed by atoms with van der Waals surface area (Å²) in [6.45, 7) is 2.86. The van der Waals surface area contributed by atoms with Gasteiger partial charge < -0.3 is 20.1 Å². The molecule has 0 spiro atoms. The molecule has 1 unspecified atom stereocenters. The van der Waals surface area contributed by atoms with E-state index in [-0.39, 0.29) is 5.91 Å². The van der Waals surface area contributed by atoms with E-state index in [1.165, 1.54) is 0 Å². The minimum Gasteiger partial charge on any atom is -0.489 e. The van der Waals surface area contributed by atoms with Crippen LogP contribution in [-0.2, 0) is 22.7 Å². The summed E-state index contributed by atoms with van der Waals surface area (Å²) in [7, 11) is 1.64. The number of amides is 1. The fourth-order valence-corrected chi connectivity index (χ4v) is 3.29. The molecule has 0 aromatic heterocycles. The minimum absolute atomic E-state index is 0.0298. The average Bonchev–Trinajstić information content (AvgIpc) is 3.16. The molecular weight excluding hydrogens is 328 g/mol. The van der Waals surface area contributed by atoms with Gasteiger partial charge in [-0.1, -0.05) is 48.5 Å². The maximum atomic E-state index is 12.7. The van der Waals surface area contributed by atoms with Gasteiger partial charge in [-0.2, -0.15) is 0 Å². The van der Waals surface area contributed by atoms with E-state index in [0.717, 1.165) is 29.8 Å². The van der Waals surface area contributed by atoms with Crippen LogP contribution in [0.2, 0.25) is 0 Å². The van der Waals surface area contributed by atoms with E-state index in [4.69, 9.17) is 9.47 Å². The van der Waals surface area contributed by atoms with E-state index in [9.17, 15) is 4.79 Å². The van der Waals surface area contributed by atoms with Gasteiger partial charge >= 0.3 is 0 Å². The van der Waals surface area contributed by atoms with Crippen molar-refractivity contribution >= 4 is 5.91 Å². The molecule has 1 atom stereocenters. The molecule has 1 saturated heterocycles. The van der Waals surface area contributed by atoms with Gasteiger partial charge in [0.15, 0.2) is 0 Å². The number of carbonyl (C=O) groups is 1. The Hall–Kier alpha value is -2.37. The molecule has 5 nitrogen and oxygen atoms in total. The zero-order valence-electron chi connectivity index (χ0n) is 15.2. The second kappa shape index (κ2) is 8.83. The molecule has 1 aliphatic rings. The second-order valence-electron chi connectivity index (χ2n) is 6.70. The molecule has 0 bridgehead atoms. The molecule has 0 saturated carbocycles.